The van der Waals surface area contributed by atoms with Crippen LogP contribution in [0.2, 0.25) is 0 Å². The molecule has 0 bridgehead atoms. The fourth-order valence-corrected chi connectivity index (χ4v) is 0.140. The van der Waals surface area contributed by atoms with E-state index >= 15 is 0 Å². The van der Waals surface area contributed by atoms with Crippen LogP contribution in [0, 0.1) is 0 Å². The summed E-state index contributed by atoms with van der Waals surface area (Å²) < 4.78 is 0. The largest absolute Gasteiger partial charge is 0.477 e. The topological polar surface area (TPSA) is 63.3 Å². The molecular weight excluding hydrogens is 117 g/mol. The van der Waals surface area contributed by atoms with E-state index in [0.29, 0.717) is 0 Å². The van der Waals surface area contributed by atoms with Gasteiger partial charge < -0.3 is 10.8 Å². The Morgan fingerprint density at radius 1 is 1.86 bits per heavy atom. The number of aliphatic carboxylic acids is 1. The average molecular weight is 122 g/mol. The molecule has 40 valence electrons. The molecule has 0 aliphatic rings. The first kappa shape index (κ1) is 6.30. The third-order valence-electron chi connectivity index (χ3n) is 0.364. The van der Waals surface area contributed by atoms with Gasteiger partial charge in [0.05, 0.1) is 0 Å². The van der Waals surface area contributed by atoms with Crippen molar-refractivity contribution < 1.29 is 9.90 Å². The maximum absolute atomic E-state index is 9.65. The number of hydrogen-bond acceptors (Lipinski definition) is 2. The SMILES string of the molecule is N/C(=C\Cl)C(=O)O. The van der Waals surface area contributed by atoms with Gasteiger partial charge >= 0.3 is 5.97 Å². The molecule has 0 spiro atoms. The van der Waals surface area contributed by atoms with Crippen LogP contribution in [0.5, 0.6) is 0 Å². The number of nitrogens with two attached hydrogens (primary N) is 1. The van der Waals surface area contributed by atoms with Gasteiger partial charge in [-0.25, -0.2) is 4.79 Å². The van der Waals surface area contributed by atoms with Gasteiger partial charge in [-0.1, -0.05) is 11.6 Å². The lowest BCUT2D eigenvalue weighted by molar-refractivity contribution is -0.132. The molecule has 7 heavy (non-hydrogen) atoms. The predicted octanol–water partition coefficient (Wildman–Crippen LogP) is 0.110. The Kier molecular flexibility index (Phi) is 2.22. The van der Waals surface area contributed by atoms with Crippen molar-refractivity contribution in [2.45, 2.75) is 0 Å². The normalized spacial score (nSPS) is 11.3. The summed E-state index contributed by atoms with van der Waals surface area (Å²) in [6.07, 6.45) is 0. The zero-order valence-corrected chi connectivity index (χ0v) is 4.14. The van der Waals surface area contributed by atoms with Gasteiger partial charge in [0.15, 0.2) is 0 Å². The molecule has 0 saturated heterocycles. The highest BCUT2D eigenvalue weighted by atomic mass is 35.5. The van der Waals surface area contributed by atoms with E-state index in [1.54, 1.807) is 0 Å². The molecule has 0 aromatic rings. The van der Waals surface area contributed by atoms with Crippen LogP contribution >= 0.6 is 11.6 Å². The Hall–Kier alpha value is -0.700. The van der Waals surface area contributed by atoms with Crippen LogP contribution < -0.4 is 5.73 Å². The molecule has 0 rings (SSSR count). The van der Waals surface area contributed by atoms with E-state index < -0.39 is 5.97 Å². The van der Waals surface area contributed by atoms with Crippen LogP contribution in [0.3, 0.4) is 0 Å². The molecule has 0 heterocycles. The van der Waals surface area contributed by atoms with E-state index in [2.05, 4.69) is 0 Å². The van der Waals surface area contributed by atoms with Crippen molar-refractivity contribution in [1.82, 2.24) is 0 Å². The van der Waals surface area contributed by atoms with E-state index in [-0.39, 0.29) is 5.70 Å². The van der Waals surface area contributed by atoms with Gasteiger partial charge in [0.1, 0.15) is 5.70 Å². The fourth-order valence-electron chi connectivity index (χ4n) is 0.0467. The van der Waals surface area contributed by atoms with Crippen LogP contribution in [-0.2, 0) is 4.79 Å². The first-order valence-electron chi connectivity index (χ1n) is 1.47. The summed E-state index contributed by atoms with van der Waals surface area (Å²) in [5.41, 5.74) is 5.21. The number of rotatable bonds is 1. The minimum Gasteiger partial charge on any atom is -0.477 e. The number of carboxylic acids is 1. The summed E-state index contributed by atoms with van der Waals surface area (Å²) in [5.74, 6) is -1.20. The molecule has 0 saturated carbocycles. The highest BCUT2D eigenvalue weighted by Gasteiger charge is 1.95. The maximum atomic E-state index is 9.65. The van der Waals surface area contributed by atoms with Crippen molar-refractivity contribution in [1.29, 1.82) is 0 Å². The van der Waals surface area contributed by atoms with E-state index in [4.69, 9.17) is 22.4 Å². The van der Waals surface area contributed by atoms with Crippen LogP contribution in [0.15, 0.2) is 11.2 Å². The van der Waals surface area contributed by atoms with E-state index in [0.717, 1.165) is 5.54 Å². The van der Waals surface area contributed by atoms with Gasteiger partial charge in [-0.05, 0) is 0 Å². The van der Waals surface area contributed by atoms with Crippen molar-refractivity contribution in [3.05, 3.63) is 11.2 Å². The predicted molar refractivity (Wildman–Crippen MR) is 25.8 cm³/mol. The molecule has 0 aromatic carbocycles. The first-order valence-corrected chi connectivity index (χ1v) is 1.91. The van der Waals surface area contributed by atoms with Gasteiger partial charge in [-0.15, -0.1) is 0 Å². The van der Waals surface area contributed by atoms with Gasteiger partial charge in [0, 0.05) is 5.54 Å². The molecule has 3 N–H and O–H groups in total. The lowest BCUT2D eigenvalue weighted by Gasteiger charge is -1.83. The second-order valence-corrected chi connectivity index (χ2v) is 1.09. The molecular formula is C3H4ClNO2. The smallest absolute Gasteiger partial charge is 0.352 e. The molecule has 0 amide bonds. The van der Waals surface area contributed by atoms with Gasteiger partial charge in [0.25, 0.3) is 0 Å². The van der Waals surface area contributed by atoms with Crippen LogP contribution in [-0.4, -0.2) is 11.1 Å². The third kappa shape index (κ3) is 2.05. The minimum atomic E-state index is -1.20. The zero-order valence-electron chi connectivity index (χ0n) is 3.39. The summed E-state index contributed by atoms with van der Waals surface area (Å²) in [6.45, 7) is 0. The molecule has 0 fully saturated rings. The summed E-state index contributed by atoms with van der Waals surface area (Å²) in [7, 11) is 0. The minimum absolute atomic E-state index is 0.346. The maximum Gasteiger partial charge on any atom is 0.352 e. The summed E-state index contributed by atoms with van der Waals surface area (Å²) in [5, 5.41) is 7.90. The Balaban J connectivity index is 3.82. The van der Waals surface area contributed by atoms with Crippen molar-refractivity contribution in [2.75, 3.05) is 0 Å². The van der Waals surface area contributed by atoms with Gasteiger partial charge in [-0.2, -0.15) is 0 Å². The van der Waals surface area contributed by atoms with E-state index in [9.17, 15) is 4.79 Å². The number of carbonyl (C=O) groups is 1. The highest BCUT2D eigenvalue weighted by molar-refractivity contribution is 6.27. The summed E-state index contributed by atoms with van der Waals surface area (Å²) in [6, 6.07) is 0. The number of halogens is 1. The lowest BCUT2D eigenvalue weighted by atomic mass is 10.5. The van der Waals surface area contributed by atoms with Crippen molar-refractivity contribution in [3.63, 3.8) is 0 Å². The molecule has 0 aliphatic carbocycles. The zero-order chi connectivity index (χ0) is 5.86. The molecule has 4 heteroatoms. The Morgan fingerprint density at radius 2 is 2.29 bits per heavy atom. The second-order valence-electron chi connectivity index (χ2n) is 0.870. The Labute approximate surface area is 45.4 Å². The van der Waals surface area contributed by atoms with Gasteiger partial charge in [-0.3, -0.25) is 0 Å². The summed E-state index contributed by atoms with van der Waals surface area (Å²) in [4.78, 5) is 9.65. The molecule has 0 aliphatic heterocycles. The Bertz CT molecular complexity index is 110. The molecule has 3 nitrogen and oxygen atoms in total. The van der Waals surface area contributed by atoms with Crippen molar-refractivity contribution in [3.8, 4) is 0 Å². The second kappa shape index (κ2) is 2.47. The molecule has 0 aromatic heterocycles. The van der Waals surface area contributed by atoms with Crippen LogP contribution in [0.1, 0.15) is 0 Å². The lowest BCUT2D eigenvalue weighted by Crippen LogP contribution is -2.08. The van der Waals surface area contributed by atoms with Crippen molar-refractivity contribution in [2.24, 2.45) is 5.73 Å². The van der Waals surface area contributed by atoms with E-state index in [1.807, 2.05) is 0 Å². The van der Waals surface area contributed by atoms with E-state index in [1.165, 1.54) is 0 Å². The standard InChI is InChI=1S/C3H4ClNO2/c4-1-2(5)3(6)7/h1H,5H2,(H,6,7)/b2-1-. The van der Waals surface area contributed by atoms with Crippen LogP contribution in [0.4, 0.5) is 0 Å². The monoisotopic (exact) mass is 121 g/mol. The quantitative estimate of drug-likeness (QED) is 0.484. The van der Waals surface area contributed by atoms with Crippen molar-refractivity contribution >= 4 is 17.6 Å². The summed E-state index contributed by atoms with van der Waals surface area (Å²) >= 11 is 4.88. The Morgan fingerprint density at radius 3 is 2.29 bits per heavy atom. The molecule has 0 unspecified atom stereocenters. The molecule has 0 radical (unpaired) electrons. The van der Waals surface area contributed by atoms with Gasteiger partial charge in [0.2, 0.25) is 0 Å². The number of hydrogen-bond donors (Lipinski definition) is 2. The van der Waals surface area contributed by atoms with Crippen LogP contribution in [0.25, 0.3) is 0 Å². The molecule has 0 atom stereocenters. The average Bonchev–Trinajstić information content (AvgIpc) is 1.65. The first-order chi connectivity index (χ1) is 3.18. The third-order valence-corrected chi connectivity index (χ3v) is 0.600. The highest BCUT2D eigenvalue weighted by Crippen LogP contribution is 1.84. The fraction of sp³-hybridized carbons (Fsp3) is 0. The number of carboxylic acid groups (broad SMARTS) is 1.